The van der Waals surface area contributed by atoms with E-state index >= 15 is 0 Å². The van der Waals surface area contributed by atoms with Crippen LogP contribution in [0.2, 0.25) is 0 Å². The van der Waals surface area contributed by atoms with Crippen molar-refractivity contribution in [2.24, 2.45) is 5.84 Å². The minimum atomic E-state index is -0.208. The molecule has 0 aromatic heterocycles. The van der Waals surface area contributed by atoms with Gasteiger partial charge in [0.25, 0.3) is 0 Å². The molecule has 1 aliphatic heterocycles. The third kappa shape index (κ3) is 4.04. The highest BCUT2D eigenvalue weighted by molar-refractivity contribution is 5.78. The van der Waals surface area contributed by atoms with E-state index in [0.29, 0.717) is 13.1 Å². The van der Waals surface area contributed by atoms with Gasteiger partial charge in [-0.2, -0.15) is 0 Å². The molecule has 0 saturated carbocycles. The van der Waals surface area contributed by atoms with Crippen LogP contribution in [-0.4, -0.2) is 36.3 Å². The number of hydrogen-bond donors (Lipinski definition) is 3. The minimum Gasteiger partial charge on any atom is -0.354 e. The van der Waals surface area contributed by atoms with E-state index < -0.39 is 0 Å². The van der Waals surface area contributed by atoms with Crippen LogP contribution in [0.4, 0.5) is 0 Å². The summed E-state index contributed by atoms with van der Waals surface area (Å²) < 4.78 is 0. The molecular weight excluding hydrogens is 244 g/mol. The lowest BCUT2D eigenvalue weighted by Crippen LogP contribution is -2.47. The Kier molecular flexibility index (Phi) is 4.48. The topological polar surface area (TPSA) is 87.5 Å². The molecule has 4 N–H and O–H groups in total. The maximum Gasteiger partial charge on any atom is 0.238 e. The van der Waals surface area contributed by atoms with Crippen LogP contribution in [0.25, 0.3) is 0 Å². The van der Waals surface area contributed by atoms with Crippen molar-refractivity contribution in [3.63, 3.8) is 0 Å². The largest absolute Gasteiger partial charge is 0.354 e. The minimum absolute atomic E-state index is 0.0717. The van der Waals surface area contributed by atoms with E-state index in [1.165, 1.54) is 0 Å². The summed E-state index contributed by atoms with van der Waals surface area (Å²) in [6, 6.07) is 7.78. The Morgan fingerprint density at radius 3 is 2.63 bits per heavy atom. The second-order valence-corrected chi connectivity index (χ2v) is 4.62. The highest BCUT2D eigenvalue weighted by atomic mass is 16.2. The maximum atomic E-state index is 11.3. The van der Waals surface area contributed by atoms with Crippen molar-refractivity contribution in [2.45, 2.75) is 13.0 Å². The number of hydrogen-bond acceptors (Lipinski definition) is 4. The Balaban J connectivity index is 1.91. The average Bonchev–Trinajstić information content (AvgIpc) is 2.41. The number of rotatable bonds is 4. The van der Waals surface area contributed by atoms with Crippen molar-refractivity contribution >= 4 is 11.8 Å². The van der Waals surface area contributed by atoms with Gasteiger partial charge < -0.3 is 5.32 Å². The predicted molar refractivity (Wildman–Crippen MR) is 70.8 cm³/mol. The molecule has 2 rings (SSSR count). The fraction of sp³-hybridized carbons (Fsp3) is 0.385. The first-order valence-electron chi connectivity index (χ1n) is 6.23. The molecule has 1 aliphatic rings. The second kappa shape index (κ2) is 6.31. The highest BCUT2D eigenvalue weighted by Gasteiger charge is 2.15. The molecule has 0 spiro atoms. The molecule has 102 valence electrons. The molecule has 1 heterocycles. The third-order valence-corrected chi connectivity index (χ3v) is 3.07. The first kappa shape index (κ1) is 13.5. The molecule has 6 nitrogen and oxygen atoms in total. The third-order valence-electron chi connectivity index (χ3n) is 3.07. The molecule has 0 bridgehead atoms. The molecule has 1 aromatic carbocycles. The van der Waals surface area contributed by atoms with Crippen LogP contribution in [0.15, 0.2) is 24.3 Å². The van der Waals surface area contributed by atoms with E-state index in [4.69, 9.17) is 5.84 Å². The lowest BCUT2D eigenvalue weighted by Gasteiger charge is -2.26. The van der Waals surface area contributed by atoms with E-state index in [2.05, 4.69) is 15.6 Å². The summed E-state index contributed by atoms with van der Waals surface area (Å²) in [4.78, 5) is 24.5. The summed E-state index contributed by atoms with van der Waals surface area (Å²) in [6.07, 6.45) is 0.281. The van der Waals surface area contributed by atoms with Gasteiger partial charge in [-0.1, -0.05) is 24.3 Å². The van der Waals surface area contributed by atoms with Crippen LogP contribution in [0.5, 0.6) is 0 Å². The van der Waals surface area contributed by atoms with Crippen LogP contribution >= 0.6 is 0 Å². The average molecular weight is 262 g/mol. The molecule has 0 unspecified atom stereocenters. The first-order chi connectivity index (χ1) is 9.17. The van der Waals surface area contributed by atoms with E-state index in [1.807, 2.05) is 24.3 Å². The fourth-order valence-corrected chi connectivity index (χ4v) is 2.08. The van der Waals surface area contributed by atoms with Gasteiger partial charge in [0.1, 0.15) is 0 Å². The van der Waals surface area contributed by atoms with Crippen LogP contribution in [0.1, 0.15) is 11.1 Å². The van der Waals surface area contributed by atoms with Gasteiger partial charge in [0.05, 0.1) is 13.0 Å². The highest BCUT2D eigenvalue weighted by Crippen LogP contribution is 2.09. The van der Waals surface area contributed by atoms with Gasteiger partial charge in [-0.3, -0.25) is 19.9 Å². The molecule has 19 heavy (non-hydrogen) atoms. The Hall–Kier alpha value is -1.92. The summed E-state index contributed by atoms with van der Waals surface area (Å²) >= 11 is 0. The molecule has 6 heteroatoms. The van der Waals surface area contributed by atoms with E-state index in [-0.39, 0.29) is 18.2 Å². The molecule has 1 aromatic rings. The lowest BCUT2D eigenvalue weighted by molar-refractivity contribution is -0.124. The maximum absolute atomic E-state index is 11.3. The number of benzene rings is 1. The van der Waals surface area contributed by atoms with Crippen LogP contribution < -0.4 is 16.6 Å². The van der Waals surface area contributed by atoms with Crippen LogP contribution in [-0.2, 0) is 22.6 Å². The van der Waals surface area contributed by atoms with Crippen LogP contribution in [0, 0.1) is 0 Å². The summed E-state index contributed by atoms with van der Waals surface area (Å²) in [5, 5.41) is 2.80. The fourth-order valence-electron chi connectivity index (χ4n) is 2.08. The van der Waals surface area contributed by atoms with Crippen molar-refractivity contribution in [3.8, 4) is 0 Å². The number of nitrogens with one attached hydrogen (secondary N) is 2. The van der Waals surface area contributed by atoms with Crippen molar-refractivity contribution in [1.82, 2.24) is 15.6 Å². The van der Waals surface area contributed by atoms with Gasteiger partial charge in [0.15, 0.2) is 0 Å². The summed E-state index contributed by atoms with van der Waals surface area (Å²) in [7, 11) is 0. The molecule has 0 aliphatic carbocycles. The standard InChI is InChI=1S/C13H18N4O2/c14-16-12(18)7-10-1-3-11(4-2-10)8-17-6-5-15-13(19)9-17/h1-4H,5-9,14H2,(H,15,19)(H,16,18). The number of piperazine rings is 1. The van der Waals surface area contributed by atoms with E-state index in [1.54, 1.807) is 0 Å². The Morgan fingerprint density at radius 1 is 1.32 bits per heavy atom. The predicted octanol–water partition coefficient (Wildman–Crippen LogP) is -0.849. The Bertz CT molecular complexity index is 458. The summed E-state index contributed by atoms with van der Waals surface area (Å²) in [5.74, 6) is 4.91. The van der Waals surface area contributed by atoms with Gasteiger partial charge in [0.2, 0.25) is 11.8 Å². The normalized spacial score (nSPS) is 15.9. The molecule has 1 saturated heterocycles. The quantitative estimate of drug-likeness (QED) is 0.375. The number of carbonyl (C=O) groups is 2. The number of amides is 2. The number of carbonyl (C=O) groups excluding carboxylic acids is 2. The zero-order valence-corrected chi connectivity index (χ0v) is 10.7. The summed E-state index contributed by atoms with van der Waals surface area (Å²) in [6.45, 7) is 2.75. The zero-order chi connectivity index (χ0) is 13.7. The molecular formula is C13H18N4O2. The number of nitrogens with two attached hydrogens (primary N) is 1. The van der Waals surface area contributed by atoms with Crippen molar-refractivity contribution in [3.05, 3.63) is 35.4 Å². The number of nitrogens with zero attached hydrogens (tertiary/aromatic N) is 1. The van der Waals surface area contributed by atoms with Crippen molar-refractivity contribution in [1.29, 1.82) is 0 Å². The molecule has 1 fully saturated rings. The monoisotopic (exact) mass is 262 g/mol. The number of hydrazine groups is 1. The molecule has 2 amide bonds. The first-order valence-corrected chi connectivity index (χ1v) is 6.23. The molecule has 0 atom stereocenters. The van der Waals surface area contributed by atoms with Gasteiger partial charge in [-0.05, 0) is 11.1 Å². The molecule has 0 radical (unpaired) electrons. The van der Waals surface area contributed by atoms with Crippen molar-refractivity contribution < 1.29 is 9.59 Å². The van der Waals surface area contributed by atoms with E-state index in [9.17, 15) is 9.59 Å². The van der Waals surface area contributed by atoms with Crippen molar-refractivity contribution in [2.75, 3.05) is 19.6 Å². The summed E-state index contributed by atoms with van der Waals surface area (Å²) in [5.41, 5.74) is 4.16. The Labute approximate surface area is 111 Å². The van der Waals surface area contributed by atoms with E-state index in [0.717, 1.165) is 24.2 Å². The van der Waals surface area contributed by atoms with Gasteiger partial charge >= 0.3 is 0 Å². The lowest BCUT2D eigenvalue weighted by atomic mass is 10.1. The van der Waals surface area contributed by atoms with Gasteiger partial charge in [0, 0.05) is 19.6 Å². The Morgan fingerprint density at radius 2 is 2.00 bits per heavy atom. The smallest absolute Gasteiger partial charge is 0.238 e. The second-order valence-electron chi connectivity index (χ2n) is 4.62. The van der Waals surface area contributed by atoms with Gasteiger partial charge in [-0.25, -0.2) is 5.84 Å². The SMILES string of the molecule is NNC(=O)Cc1ccc(CN2CCNC(=O)C2)cc1. The zero-order valence-electron chi connectivity index (χ0n) is 10.7. The van der Waals surface area contributed by atoms with Crippen LogP contribution in [0.3, 0.4) is 0 Å². The van der Waals surface area contributed by atoms with Gasteiger partial charge in [-0.15, -0.1) is 0 Å².